The Labute approximate surface area is 147 Å². The van der Waals surface area contributed by atoms with Crippen LogP contribution in [0.1, 0.15) is 11.1 Å². The zero-order valence-electron chi connectivity index (χ0n) is 13.8. The van der Waals surface area contributed by atoms with Gasteiger partial charge in [0.05, 0.1) is 0 Å². The summed E-state index contributed by atoms with van der Waals surface area (Å²) in [6.45, 7) is 0. The molecule has 0 heterocycles. The van der Waals surface area contributed by atoms with Gasteiger partial charge in [-0.3, -0.25) is 0 Å². The van der Waals surface area contributed by atoms with Gasteiger partial charge in [0.15, 0.2) is 0 Å². The molecule has 0 saturated heterocycles. The molecule has 0 bridgehead atoms. The molecule has 0 radical (unpaired) electrons. The number of nitrogens with one attached hydrogen (secondary N) is 1. The molecular weight excluding hydrogens is 316 g/mol. The highest BCUT2D eigenvalue weighted by Gasteiger charge is 2.18. The molecule has 2 nitrogen and oxygen atoms in total. The van der Waals surface area contributed by atoms with Crippen molar-refractivity contribution in [3.63, 3.8) is 0 Å². The van der Waals surface area contributed by atoms with Crippen molar-refractivity contribution in [3.8, 4) is 11.1 Å². The maximum Gasteiger partial charge on any atom is 0.0412 e. The van der Waals surface area contributed by atoms with Crippen LogP contribution in [0.25, 0.3) is 11.1 Å². The van der Waals surface area contributed by atoms with Gasteiger partial charge in [-0.25, -0.2) is 0 Å². The van der Waals surface area contributed by atoms with Crippen LogP contribution in [0.5, 0.6) is 0 Å². The summed E-state index contributed by atoms with van der Waals surface area (Å²) in [7, 11) is 4.09. The van der Waals surface area contributed by atoms with Crippen LogP contribution < -0.4 is 10.2 Å². The molecule has 1 N–H and O–H groups in total. The molecule has 0 saturated carbocycles. The average molecular weight is 335 g/mol. The minimum atomic E-state index is 0.791. The first kappa shape index (κ1) is 15.1. The van der Waals surface area contributed by atoms with E-state index in [1.54, 1.807) is 0 Å². The Hall–Kier alpha value is -2.45. The SMILES string of the molecule is CN(C)c1ccc(Nc2ccc3c(c2)-c2cc(Cl)ccc2C3)cc1. The van der Waals surface area contributed by atoms with Crippen molar-refractivity contribution < 1.29 is 0 Å². The Morgan fingerprint density at radius 3 is 2.12 bits per heavy atom. The molecule has 4 rings (SSSR count). The maximum atomic E-state index is 6.18. The second-order valence-corrected chi connectivity index (χ2v) is 6.85. The normalized spacial score (nSPS) is 11.8. The third-order valence-electron chi connectivity index (χ3n) is 4.53. The number of rotatable bonds is 3. The standard InChI is InChI=1S/C21H19ClN2/c1-24(2)19-9-7-17(8-10-19)23-18-6-4-15-11-14-3-5-16(22)12-20(14)21(15)13-18/h3-10,12-13,23H,11H2,1-2H3. The topological polar surface area (TPSA) is 15.3 Å². The van der Waals surface area contributed by atoms with Crippen molar-refractivity contribution in [1.29, 1.82) is 0 Å². The van der Waals surface area contributed by atoms with Gasteiger partial charge >= 0.3 is 0 Å². The molecule has 1 aliphatic carbocycles. The van der Waals surface area contributed by atoms with Gasteiger partial charge in [-0.05, 0) is 77.2 Å². The van der Waals surface area contributed by atoms with Crippen LogP contribution in [0.4, 0.5) is 17.1 Å². The van der Waals surface area contributed by atoms with Crippen LogP contribution in [0, 0.1) is 0 Å². The van der Waals surface area contributed by atoms with Crippen LogP contribution in [-0.4, -0.2) is 14.1 Å². The molecule has 1 aliphatic rings. The largest absolute Gasteiger partial charge is 0.378 e. The van der Waals surface area contributed by atoms with Gasteiger partial charge in [-0.2, -0.15) is 0 Å². The Balaban J connectivity index is 1.64. The van der Waals surface area contributed by atoms with E-state index >= 15 is 0 Å². The zero-order chi connectivity index (χ0) is 16.7. The van der Waals surface area contributed by atoms with Crippen molar-refractivity contribution >= 4 is 28.7 Å². The average Bonchev–Trinajstić information content (AvgIpc) is 2.93. The summed E-state index contributed by atoms with van der Waals surface area (Å²) in [5, 5.41) is 4.28. The second kappa shape index (κ2) is 5.88. The molecule has 0 aliphatic heterocycles. The predicted molar refractivity (Wildman–Crippen MR) is 104 cm³/mol. The third-order valence-corrected chi connectivity index (χ3v) is 4.76. The van der Waals surface area contributed by atoms with E-state index in [0.29, 0.717) is 0 Å². The summed E-state index contributed by atoms with van der Waals surface area (Å²) in [5.74, 6) is 0. The fourth-order valence-corrected chi connectivity index (χ4v) is 3.40. The lowest BCUT2D eigenvalue weighted by Gasteiger charge is -2.14. The summed E-state index contributed by atoms with van der Waals surface area (Å²) in [4.78, 5) is 2.10. The van der Waals surface area contributed by atoms with Gasteiger partial charge in [-0.15, -0.1) is 0 Å². The minimum Gasteiger partial charge on any atom is -0.378 e. The van der Waals surface area contributed by atoms with E-state index in [1.165, 1.54) is 27.9 Å². The molecule has 3 aromatic rings. The molecule has 0 unspecified atom stereocenters. The van der Waals surface area contributed by atoms with Gasteiger partial charge in [0.2, 0.25) is 0 Å². The monoisotopic (exact) mass is 334 g/mol. The lowest BCUT2D eigenvalue weighted by Crippen LogP contribution is -2.08. The first-order chi connectivity index (χ1) is 11.6. The van der Waals surface area contributed by atoms with E-state index in [1.807, 2.05) is 20.2 Å². The van der Waals surface area contributed by atoms with Gasteiger partial charge in [0, 0.05) is 36.2 Å². The van der Waals surface area contributed by atoms with Gasteiger partial charge < -0.3 is 10.2 Å². The molecule has 0 atom stereocenters. The number of fused-ring (bicyclic) bond motifs is 3. The van der Waals surface area contributed by atoms with Crippen LogP contribution in [-0.2, 0) is 6.42 Å². The highest BCUT2D eigenvalue weighted by molar-refractivity contribution is 6.31. The molecule has 3 aromatic carbocycles. The maximum absolute atomic E-state index is 6.18. The summed E-state index contributed by atoms with van der Waals surface area (Å²) in [6, 6.07) is 21.2. The van der Waals surface area contributed by atoms with E-state index in [2.05, 4.69) is 64.8 Å². The van der Waals surface area contributed by atoms with Crippen LogP contribution in [0.2, 0.25) is 5.02 Å². The highest BCUT2D eigenvalue weighted by Crippen LogP contribution is 2.39. The highest BCUT2D eigenvalue weighted by atomic mass is 35.5. The van der Waals surface area contributed by atoms with Crippen molar-refractivity contribution in [2.24, 2.45) is 0 Å². The van der Waals surface area contributed by atoms with Crippen molar-refractivity contribution in [2.75, 3.05) is 24.3 Å². The molecule has 0 spiro atoms. The summed E-state index contributed by atoms with van der Waals surface area (Å²) in [5.41, 5.74) is 8.62. The number of nitrogens with zero attached hydrogens (tertiary/aromatic N) is 1. The smallest absolute Gasteiger partial charge is 0.0412 e. The van der Waals surface area contributed by atoms with Gasteiger partial charge in [0.1, 0.15) is 0 Å². The number of hydrogen-bond acceptors (Lipinski definition) is 2. The lowest BCUT2D eigenvalue weighted by molar-refractivity contribution is 1.13. The number of anilines is 3. The van der Waals surface area contributed by atoms with Crippen LogP contribution in [0.15, 0.2) is 60.7 Å². The van der Waals surface area contributed by atoms with Crippen LogP contribution in [0.3, 0.4) is 0 Å². The summed E-state index contributed by atoms with van der Waals surface area (Å²) in [6.07, 6.45) is 0.986. The number of halogens is 1. The van der Waals surface area contributed by atoms with E-state index in [9.17, 15) is 0 Å². The fraction of sp³-hybridized carbons (Fsp3) is 0.143. The first-order valence-corrected chi connectivity index (χ1v) is 8.44. The van der Waals surface area contributed by atoms with Crippen LogP contribution >= 0.6 is 11.6 Å². The Morgan fingerprint density at radius 1 is 0.792 bits per heavy atom. The Bertz CT molecular complexity index is 898. The minimum absolute atomic E-state index is 0.791. The predicted octanol–water partition coefficient (Wildman–Crippen LogP) is 5.72. The number of hydrogen-bond donors (Lipinski definition) is 1. The summed E-state index contributed by atoms with van der Waals surface area (Å²) >= 11 is 6.18. The molecule has 120 valence electrons. The quantitative estimate of drug-likeness (QED) is 0.515. The molecular formula is C21H19ClN2. The first-order valence-electron chi connectivity index (χ1n) is 8.06. The third kappa shape index (κ3) is 2.74. The van der Waals surface area contributed by atoms with Crippen molar-refractivity contribution in [2.45, 2.75) is 6.42 Å². The van der Waals surface area contributed by atoms with E-state index in [4.69, 9.17) is 11.6 Å². The van der Waals surface area contributed by atoms with E-state index in [-0.39, 0.29) is 0 Å². The lowest BCUT2D eigenvalue weighted by atomic mass is 10.1. The Morgan fingerprint density at radius 2 is 1.42 bits per heavy atom. The van der Waals surface area contributed by atoms with Gasteiger partial charge in [0.25, 0.3) is 0 Å². The molecule has 24 heavy (non-hydrogen) atoms. The van der Waals surface area contributed by atoms with Crippen molar-refractivity contribution in [3.05, 3.63) is 76.8 Å². The van der Waals surface area contributed by atoms with E-state index in [0.717, 1.165) is 22.8 Å². The van der Waals surface area contributed by atoms with E-state index < -0.39 is 0 Å². The molecule has 0 fully saturated rings. The van der Waals surface area contributed by atoms with Crippen molar-refractivity contribution in [1.82, 2.24) is 0 Å². The molecule has 0 aromatic heterocycles. The zero-order valence-corrected chi connectivity index (χ0v) is 14.6. The molecule has 0 amide bonds. The molecule has 3 heteroatoms. The van der Waals surface area contributed by atoms with Gasteiger partial charge in [-0.1, -0.05) is 23.7 Å². The number of benzene rings is 3. The summed E-state index contributed by atoms with van der Waals surface area (Å²) < 4.78 is 0. The fourth-order valence-electron chi connectivity index (χ4n) is 3.23. The Kier molecular flexibility index (Phi) is 3.70. The second-order valence-electron chi connectivity index (χ2n) is 6.42.